The Morgan fingerprint density at radius 2 is 1.83 bits per heavy atom. The molecular weight excluding hydrogens is 308 g/mol. The minimum atomic E-state index is -1.01. The van der Waals surface area contributed by atoms with Crippen LogP contribution in [-0.2, 0) is 9.53 Å². The SMILES string of the molecule is COc1ccc(C(=O)OCC(=O)Nc2ccccc2F)c(F)c1. The molecule has 0 bridgehead atoms. The predicted molar refractivity (Wildman–Crippen MR) is 78.3 cm³/mol. The molecule has 5 nitrogen and oxygen atoms in total. The van der Waals surface area contributed by atoms with Crippen LogP contribution in [0, 0.1) is 11.6 Å². The lowest BCUT2D eigenvalue weighted by Gasteiger charge is -2.08. The first-order chi connectivity index (χ1) is 11.0. The summed E-state index contributed by atoms with van der Waals surface area (Å²) in [7, 11) is 1.36. The molecule has 2 aromatic rings. The number of esters is 1. The van der Waals surface area contributed by atoms with E-state index in [0.717, 1.165) is 6.07 Å². The first-order valence-electron chi connectivity index (χ1n) is 6.56. The maximum absolute atomic E-state index is 13.7. The summed E-state index contributed by atoms with van der Waals surface area (Å²) < 4.78 is 36.6. The highest BCUT2D eigenvalue weighted by molar-refractivity contribution is 5.95. The fraction of sp³-hybridized carbons (Fsp3) is 0.125. The Balaban J connectivity index is 1.94. The normalized spacial score (nSPS) is 10.0. The molecule has 0 heterocycles. The van der Waals surface area contributed by atoms with Crippen molar-refractivity contribution in [1.29, 1.82) is 0 Å². The van der Waals surface area contributed by atoms with Crippen molar-refractivity contribution in [2.24, 2.45) is 0 Å². The highest BCUT2D eigenvalue weighted by Gasteiger charge is 2.16. The third-order valence-electron chi connectivity index (χ3n) is 2.88. The van der Waals surface area contributed by atoms with E-state index in [9.17, 15) is 18.4 Å². The van der Waals surface area contributed by atoms with Gasteiger partial charge in [-0.25, -0.2) is 13.6 Å². The lowest BCUT2D eigenvalue weighted by Crippen LogP contribution is -2.21. The summed E-state index contributed by atoms with van der Waals surface area (Å²) in [6.45, 7) is -0.668. The van der Waals surface area contributed by atoms with Gasteiger partial charge < -0.3 is 14.8 Å². The van der Waals surface area contributed by atoms with Gasteiger partial charge in [0.2, 0.25) is 0 Å². The van der Waals surface area contributed by atoms with Gasteiger partial charge in [0.05, 0.1) is 18.4 Å². The molecule has 0 aliphatic carbocycles. The monoisotopic (exact) mass is 321 g/mol. The van der Waals surface area contributed by atoms with Crippen LogP contribution in [0.1, 0.15) is 10.4 Å². The number of nitrogens with one attached hydrogen (secondary N) is 1. The maximum Gasteiger partial charge on any atom is 0.341 e. The summed E-state index contributed by atoms with van der Waals surface area (Å²) in [5, 5.41) is 2.24. The van der Waals surface area contributed by atoms with E-state index in [1.54, 1.807) is 0 Å². The molecule has 7 heteroatoms. The zero-order valence-corrected chi connectivity index (χ0v) is 12.1. The van der Waals surface area contributed by atoms with Crippen molar-refractivity contribution in [1.82, 2.24) is 0 Å². The van der Waals surface area contributed by atoms with Crippen LogP contribution in [0.5, 0.6) is 5.75 Å². The van der Waals surface area contributed by atoms with Gasteiger partial charge in [0.25, 0.3) is 5.91 Å². The minimum absolute atomic E-state index is 0.0378. The van der Waals surface area contributed by atoms with Crippen LogP contribution in [0.2, 0.25) is 0 Å². The van der Waals surface area contributed by atoms with Gasteiger partial charge in [0, 0.05) is 6.07 Å². The summed E-state index contributed by atoms with van der Waals surface area (Å²) >= 11 is 0. The van der Waals surface area contributed by atoms with Gasteiger partial charge in [0.15, 0.2) is 6.61 Å². The van der Waals surface area contributed by atoms with Crippen LogP contribution < -0.4 is 10.1 Å². The first kappa shape index (κ1) is 16.4. The molecule has 0 saturated carbocycles. The highest BCUT2D eigenvalue weighted by Crippen LogP contribution is 2.17. The molecule has 2 rings (SSSR count). The van der Waals surface area contributed by atoms with E-state index < -0.39 is 30.1 Å². The van der Waals surface area contributed by atoms with Crippen molar-refractivity contribution in [2.45, 2.75) is 0 Å². The van der Waals surface area contributed by atoms with E-state index in [4.69, 9.17) is 9.47 Å². The number of benzene rings is 2. The summed E-state index contributed by atoms with van der Waals surface area (Å²) in [6, 6.07) is 9.14. The molecule has 1 amide bonds. The average molecular weight is 321 g/mol. The summed E-state index contributed by atoms with van der Waals surface area (Å²) in [6.07, 6.45) is 0. The molecule has 0 spiro atoms. The average Bonchev–Trinajstić information content (AvgIpc) is 2.54. The molecule has 120 valence electrons. The minimum Gasteiger partial charge on any atom is -0.497 e. The van der Waals surface area contributed by atoms with Crippen LogP contribution >= 0.6 is 0 Å². The molecule has 2 aromatic carbocycles. The van der Waals surface area contributed by atoms with Crippen molar-refractivity contribution < 1.29 is 27.8 Å². The summed E-state index contributed by atoms with van der Waals surface area (Å²) in [5.41, 5.74) is -0.367. The number of hydrogen-bond acceptors (Lipinski definition) is 4. The van der Waals surface area contributed by atoms with Crippen molar-refractivity contribution in [3.63, 3.8) is 0 Å². The molecule has 0 atom stereocenters. The molecule has 0 fully saturated rings. The van der Waals surface area contributed by atoms with Gasteiger partial charge >= 0.3 is 5.97 Å². The maximum atomic E-state index is 13.7. The summed E-state index contributed by atoms with van der Waals surface area (Å²) in [5.74, 6) is -2.94. The van der Waals surface area contributed by atoms with Crippen LogP contribution in [0.4, 0.5) is 14.5 Å². The molecular formula is C16H13F2NO4. The second-order valence-electron chi connectivity index (χ2n) is 4.45. The summed E-state index contributed by atoms with van der Waals surface area (Å²) in [4.78, 5) is 23.3. The lowest BCUT2D eigenvalue weighted by molar-refractivity contribution is -0.119. The quantitative estimate of drug-likeness (QED) is 0.860. The number of halogens is 2. The number of para-hydroxylation sites is 1. The molecule has 0 aromatic heterocycles. The van der Waals surface area contributed by atoms with Gasteiger partial charge in [-0.2, -0.15) is 0 Å². The molecule has 0 aliphatic rings. The van der Waals surface area contributed by atoms with E-state index in [1.165, 1.54) is 43.5 Å². The third-order valence-corrected chi connectivity index (χ3v) is 2.88. The Morgan fingerprint density at radius 3 is 2.48 bits per heavy atom. The number of carbonyl (C=O) groups is 2. The number of amides is 1. The van der Waals surface area contributed by atoms with E-state index in [0.29, 0.717) is 0 Å². The Hall–Kier alpha value is -2.96. The number of hydrogen-bond donors (Lipinski definition) is 1. The van der Waals surface area contributed by atoms with E-state index >= 15 is 0 Å². The van der Waals surface area contributed by atoms with E-state index in [1.807, 2.05) is 0 Å². The standard InChI is InChI=1S/C16H13F2NO4/c1-22-10-6-7-11(13(18)8-10)16(21)23-9-15(20)19-14-5-3-2-4-12(14)17/h2-8H,9H2,1H3,(H,19,20). The van der Waals surface area contributed by atoms with Gasteiger partial charge in [-0.1, -0.05) is 12.1 Å². The number of methoxy groups -OCH3 is 1. The third kappa shape index (κ3) is 4.26. The lowest BCUT2D eigenvalue weighted by atomic mass is 10.2. The van der Waals surface area contributed by atoms with E-state index in [-0.39, 0.29) is 17.0 Å². The van der Waals surface area contributed by atoms with Crippen LogP contribution in [0.3, 0.4) is 0 Å². The molecule has 1 N–H and O–H groups in total. The van der Waals surface area contributed by atoms with E-state index in [2.05, 4.69) is 5.32 Å². The Labute approximate surface area is 130 Å². The zero-order chi connectivity index (χ0) is 16.8. The smallest absolute Gasteiger partial charge is 0.341 e. The van der Waals surface area contributed by atoms with Crippen molar-refractivity contribution in [2.75, 3.05) is 19.0 Å². The second-order valence-corrected chi connectivity index (χ2v) is 4.45. The molecule has 0 saturated heterocycles. The Bertz CT molecular complexity index is 734. The molecule has 0 radical (unpaired) electrons. The number of rotatable bonds is 5. The van der Waals surface area contributed by atoms with Gasteiger partial charge in [-0.3, -0.25) is 4.79 Å². The van der Waals surface area contributed by atoms with Gasteiger partial charge in [-0.05, 0) is 24.3 Å². The fourth-order valence-corrected chi connectivity index (χ4v) is 1.75. The number of anilines is 1. The topological polar surface area (TPSA) is 64.6 Å². The van der Waals surface area contributed by atoms with Gasteiger partial charge in [-0.15, -0.1) is 0 Å². The number of ether oxygens (including phenoxy) is 2. The van der Waals surface area contributed by atoms with Crippen LogP contribution in [0.25, 0.3) is 0 Å². The zero-order valence-electron chi connectivity index (χ0n) is 12.1. The Morgan fingerprint density at radius 1 is 1.09 bits per heavy atom. The van der Waals surface area contributed by atoms with Gasteiger partial charge in [0.1, 0.15) is 17.4 Å². The van der Waals surface area contributed by atoms with Crippen molar-refractivity contribution >= 4 is 17.6 Å². The largest absolute Gasteiger partial charge is 0.497 e. The molecule has 0 aliphatic heterocycles. The molecule has 23 heavy (non-hydrogen) atoms. The number of carbonyl (C=O) groups excluding carboxylic acids is 2. The van der Waals surface area contributed by atoms with Crippen molar-refractivity contribution in [3.8, 4) is 5.75 Å². The van der Waals surface area contributed by atoms with Crippen molar-refractivity contribution in [3.05, 3.63) is 59.7 Å². The first-order valence-corrected chi connectivity index (χ1v) is 6.56. The fourth-order valence-electron chi connectivity index (χ4n) is 1.75. The Kier molecular flexibility index (Phi) is 5.24. The van der Waals surface area contributed by atoms with Crippen LogP contribution in [0.15, 0.2) is 42.5 Å². The second kappa shape index (κ2) is 7.35. The predicted octanol–water partition coefficient (Wildman–Crippen LogP) is 2.77. The molecule has 0 unspecified atom stereocenters. The highest BCUT2D eigenvalue weighted by atomic mass is 19.1. The van der Waals surface area contributed by atoms with Crippen LogP contribution in [-0.4, -0.2) is 25.6 Å².